The predicted molar refractivity (Wildman–Crippen MR) is 80.2 cm³/mol. The zero-order valence-electron chi connectivity index (χ0n) is 12.1. The molecular formula is C17H24N2O. The summed E-state index contributed by atoms with van der Waals surface area (Å²) in [5.41, 5.74) is 1.68. The van der Waals surface area contributed by atoms with Crippen molar-refractivity contribution in [1.82, 2.24) is 10.2 Å². The molecule has 3 heteroatoms. The van der Waals surface area contributed by atoms with Crippen molar-refractivity contribution in [2.45, 2.75) is 38.6 Å². The number of nitrogens with one attached hydrogen (secondary N) is 1. The Morgan fingerprint density at radius 1 is 1.10 bits per heavy atom. The fourth-order valence-corrected chi connectivity index (χ4v) is 3.70. The Labute approximate surface area is 121 Å². The van der Waals surface area contributed by atoms with Crippen molar-refractivity contribution in [2.24, 2.45) is 5.41 Å². The Morgan fingerprint density at radius 3 is 2.40 bits per heavy atom. The van der Waals surface area contributed by atoms with E-state index in [2.05, 4.69) is 40.5 Å². The van der Waals surface area contributed by atoms with Crippen molar-refractivity contribution < 1.29 is 4.79 Å². The van der Waals surface area contributed by atoms with Crippen LogP contribution < -0.4 is 5.32 Å². The second-order valence-electron chi connectivity index (χ2n) is 6.42. The third-order valence-corrected chi connectivity index (χ3v) is 4.81. The van der Waals surface area contributed by atoms with E-state index in [0.717, 1.165) is 32.6 Å². The lowest BCUT2D eigenvalue weighted by atomic mass is 9.77. The van der Waals surface area contributed by atoms with Crippen LogP contribution in [0.1, 0.15) is 37.7 Å². The van der Waals surface area contributed by atoms with E-state index >= 15 is 0 Å². The highest BCUT2D eigenvalue weighted by Gasteiger charge is 2.38. The van der Waals surface area contributed by atoms with Crippen LogP contribution in [0.5, 0.6) is 0 Å². The monoisotopic (exact) mass is 272 g/mol. The molecule has 2 aliphatic rings. The van der Waals surface area contributed by atoms with Gasteiger partial charge in [0.2, 0.25) is 5.91 Å². The van der Waals surface area contributed by atoms with E-state index in [9.17, 15) is 4.79 Å². The van der Waals surface area contributed by atoms with E-state index in [4.69, 9.17) is 0 Å². The van der Waals surface area contributed by atoms with Crippen LogP contribution in [-0.2, 0) is 11.3 Å². The van der Waals surface area contributed by atoms with Gasteiger partial charge in [0.1, 0.15) is 0 Å². The summed E-state index contributed by atoms with van der Waals surface area (Å²) in [4.78, 5) is 14.1. The highest BCUT2D eigenvalue weighted by Crippen LogP contribution is 2.37. The van der Waals surface area contributed by atoms with E-state index in [1.54, 1.807) is 0 Å². The highest BCUT2D eigenvalue weighted by atomic mass is 16.1. The fourth-order valence-electron chi connectivity index (χ4n) is 3.70. The van der Waals surface area contributed by atoms with Crippen LogP contribution in [0.3, 0.4) is 0 Å². The maximum absolute atomic E-state index is 11.5. The smallest absolute Gasteiger partial charge is 0.220 e. The van der Waals surface area contributed by atoms with Gasteiger partial charge in [-0.1, -0.05) is 30.3 Å². The van der Waals surface area contributed by atoms with Gasteiger partial charge < -0.3 is 5.32 Å². The van der Waals surface area contributed by atoms with Crippen LogP contribution in [0, 0.1) is 5.41 Å². The average Bonchev–Trinajstić information content (AvgIpc) is 2.80. The molecule has 1 aromatic carbocycles. The zero-order chi connectivity index (χ0) is 13.8. The van der Waals surface area contributed by atoms with Crippen LogP contribution >= 0.6 is 0 Å². The van der Waals surface area contributed by atoms with Crippen LogP contribution in [-0.4, -0.2) is 30.4 Å². The molecule has 1 aromatic rings. The lowest BCUT2D eigenvalue weighted by molar-refractivity contribution is -0.119. The number of nitrogens with zero attached hydrogens (tertiary/aromatic N) is 1. The molecular weight excluding hydrogens is 248 g/mol. The summed E-state index contributed by atoms with van der Waals surface area (Å²) in [6, 6.07) is 10.7. The number of likely N-dealkylation sites (tertiary alicyclic amines) is 1. The minimum atomic E-state index is 0.256. The normalized spacial score (nSPS) is 23.3. The molecule has 1 spiro atoms. The SMILES string of the molecule is O=C1CC2(CCCN(Cc3ccccc3)CCC2)CN1. The number of rotatable bonds is 2. The predicted octanol–water partition coefficient (Wildman–Crippen LogP) is 2.57. The maximum Gasteiger partial charge on any atom is 0.220 e. The van der Waals surface area contributed by atoms with Gasteiger partial charge in [-0.2, -0.15) is 0 Å². The van der Waals surface area contributed by atoms with Crippen LogP contribution in [0.4, 0.5) is 0 Å². The molecule has 2 saturated heterocycles. The summed E-state index contributed by atoms with van der Waals surface area (Å²) in [5.74, 6) is 0.256. The second kappa shape index (κ2) is 5.96. The first-order valence-corrected chi connectivity index (χ1v) is 7.79. The second-order valence-corrected chi connectivity index (χ2v) is 6.42. The van der Waals surface area contributed by atoms with Crippen molar-refractivity contribution in [3.8, 4) is 0 Å². The van der Waals surface area contributed by atoms with Crippen molar-refractivity contribution in [3.05, 3.63) is 35.9 Å². The molecule has 1 amide bonds. The van der Waals surface area contributed by atoms with Gasteiger partial charge in [0.25, 0.3) is 0 Å². The van der Waals surface area contributed by atoms with E-state index in [0.29, 0.717) is 0 Å². The van der Waals surface area contributed by atoms with Crippen LogP contribution in [0.25, 0.3) is 0 Å². The number of amides is 1. The molecule has 0 radical (unpaired) electrons. The first kappa shape index (κ1) is 13.6. The number of hydrogen-bond acceptors (Lipinski definition) is 2. The van der Waals surface area contributed by atoms with Crippen molar-refractivity contribution >= 4 is 5.91 Å². The topological polar surface area (TPSA) is 32.3 Å². The number of benzene rings is 1. The summed E-state index contributed by atoms with van der Waals surface area (Å²) in [6.07, 6.45) is 5.56. The Morgan fingerprint density at radius 2 is 1.80 bits per heavy atom. The Bertz CT molecular complexity index is 447. The molecule has 0 saturated carbocycles. The molecule has 3 nitrogen and oxygen atoms in total. The minimum absolute atomic E-state index is 0.256. The third kappa shape index (κ3) is 3.21. The lowest BCUT2D eigenvalue weighted by Gasteiger charge is -2.33. The molecule has 2 aliphatic heterocycles. The largest absolute Gasteiger partial charge is 0.356 e. The fraction of sp³-hybridized carbons (Fsp3) is 0.588. The summed E-state index contributed by atoms with van der Waals surface area (Å²) in [5, 5.41) is 3.03. The third-order valence-electron chi connectivity index (χ3n) is 4.81. The first-order chi connectivity index (χ1) is 9.76. The van der Waals surface area contributed by atoms with Crippen molar-refractivity contribution in [2.75, 3.05) is 19.6 Å². The molecule has 20 heavy (non-hydrogen) atoms. The quantitative estimate of drug-likeness (QED) is 0.897. The van der Waals surface area contributed by atoms with Gasteiger partial charge in [0, 0.05) is 19.5 Å². The van der Waals surface area contributed by atoms with Gasteiger partial charge in [-0.25, -0.2) is 0 Å². The van der Waals surface area contributed by atoms with Gasteiger partial charge in [-0.15, -0.1) is 0 Å². The zero-order valence-corrected chi connectivity index (χ0v) is 12.1. The van der Waals surface area contributed by atoms with E-state index in [1.165, 1.54) is 31.2 Å². The van der Waals surface area contributed by atoms with E-state index in [1.807, 2.05) is 0 Å². The van der Waals surface area contributed by atoms with E-state index in [-0.39, 0.29) is 11.3 Å². The molecule has 0 aliphatic carbocycles. The standard InChI is InChI=1S/C17H24N2O/c20-16-12-17(14-18-16)8-4-10-19(11-5-9-17)13-15-6-2-1-3-7-15/h1-3,6-7H,4-5,8-14H2,(H,18,20). The van der Waals surface area contributed by atoms with Crippen molar-refractivity contribution in [1.29, 1.82) is 0 Å². The van der Waals surface area contributed by atoms with Crippen molar-refractivity contribution in [3.63, 3.8) is 0 Å². The highest BCUT2D eigenvalue weighted by molar-refractivity contribution is 5.79. The molecule has 0 bridgehead atoms. The van der Waals surface area contributed by atoms with Gasteiger partial charge in [0.05, 0.1) is 0 Å². The van der Waals surface area contributed by atoms with Crippen LogP contribution in [0.15, 0.2) is 30.3 Å². The van der Waals surface area contributed by atoms with Gasteiger partial charge in [0.15, 0.2) is 0 Å². The van der Waals surface area contributed by atoms with E-state index < -0.39 is 0 Å². The molecule has 1 N–H and O–H groups in total. The summed E-state index contributed by atoms with van der Waals surface area (Å²) in [7, 11) is 0. The molecule has 0 aromatic heterocycles. The Balaban J connectivity index is 1.55. The maximum atomic E-state index is 11.5. The molecule has 2 fully saturated rings. The summed E-state index contributed by atoms with van der Waals surface area (Å²) in [6.45, 7) is 4.28. The number of carbonyl (C=O) groups excluding carboxylic acids is 1. The summed E-state index contributed by atoms with van der Waals surface area (Å²) >= 11 is 0. The molecule has 108 valence electrons. The Kier molecular flexibility index (Phi) is 4.06. The molecule has 0 unspecified atom stereocenters. The van der Waals surface area contributed by atoms with Gasteiger partial charge in [-0.05, 0) is 49.8 Å². The first-order valence-electron chi connectivity index (χ1n) is 7.79. The summed E-state index contributed by atoms with van der Waals surface area (Å²) < 4.78 is 0. The molecule has 3 rings (SSSR count). The molecule has 0 atom stereocenters. The van der Waals surface area contributed by atoms with Crippen LogP contribution in [0.2, 0.25) is 0 Å². The average molecular weight is 272 g/mol. The number of hydrogen-bond donors (Lipinski definition) is 1. The van der Waals surface area contributed by atoms with Gasteiger partial charge in [-0.3, -0.25) is 9.69 Å². The lowest BCUT2D eigenvalue weighted by Crippen LogP contribution is -2.33. The molecule has 2 heterocycles. The minimum Gasteiger partial charge on any atom is -0.356 e. The van der Waals surface area contributed by atoms with Gasteiger partial charge >= 0.3 is 0 Å². The Hall–Kier alpha value is -1.35. The number of carbonyl (C=O) groups is 1.